The SMILES string of the molecule is CCOC(=O)c1c(NC(=O)COC(=O)c2ccc(Br)s2)sc(C(=O)NC)c1C. The predicted molar refractivity (Wildman–Crippen MR) is 109 cm³/mol. The molecule has 0 aromatic carbocycles. The van der Waals surface area contributed by atoms with Gasteiger partial charge >= 0.3 is 11.9 Å². The van der Waals surface area contributed by atoms with Crippen LogP contribution in [0.5, 0.6) is 0 Å². The Kier molecular flexibility index (Phi) is 7.72. The zero-order valence-corrected chi connectivity index (χ0v) is 18.4. The second kappa shape index (κ2) is 9.80. The van der Waals surface area contributed by atoms with Crippen LogP contribution in [0, 0.1) is 6.92 Å². The molecule has 28 heavy (non-hydrogen) atoms. The number of esters is 2. The predicted octanol–water partition coefficient (Wildman–Crippen LogP) is 3.21. The van der Waals surface area contributed by atoms with Gasteiger partial charge in [-0.05, 0) is 47.5 Å². The number of rotatable bonds is 7. The summed E-state index contributed by atoms with van der Waals surface area (Å²) in [6.07, 6.45) is 0. The van der Waals surface area contributed by atoms with Crippen molar-refractivity contribution in [3.63, 3.8) is 0 Å². The van der Waals surface area contributed by atoms with E-state index in [2.05, 4.69) is 26.6 Å². The van der Waals surface area contributed by atoms with Crippen LogP contribution >= 0.6 is 38.6 Å². The third kappa shape index (κ3) is 5.18. The van der Waals surface area contributed by atoms with Gasteiger partial charge in [-0.3, -0.25) is 9.59 Å². The summed E-state index contributed by atoms with van der Waals surface area (Å²) in [5.41, 5.74) is 0.505. The lowest BCUT2D eigenvalue weighted by Crippen LogP contribution is -2.21. The van der Waals surface area contributed by atoms with Gasteiger partial charge < -0.3 is 20.1 Å². The highest BCUT2D eigenvalue weighted by molar-refractivity contribution is 9.11. The Morgan fingerprint density at radius 1 is 1.11 bits per heavy atom. The molecule has 0 atom stereocenters. The van der Waals surface area contributed by atoms with E-state index in [4.69, 9.17) is 9.47 Å². The first-order valence-corrected chi connectivity index (χ1v) is 10.5. The number of carbonyl (C=O) groups excluding carboxylic acids is 4. The number of ether oxygens (including phenoxy) is 2. The number of amides is 2. The average Bonchev–Trinajstić information content (AvgIpc) is 3.22. The second-order valence-corrected chi connectivity index (χ2v) is 8.77. The summed E-state index contributed by atoms with van der Waals surface area (Å²) in [6, 6.07) is 3.27. The molecule has 0 aliphatic heterocycles. The molecule has 0 spiro atoms. The number of hydrogen-bond donors (Lipinski definition) is 2. The van der Waals surface area contributed by atoms with E-state index in [-0.39, 0.29) is 28.0 Å². The number of anilines is 1. The zero-order chi connectivity index (χ0) is 20.8. The normalized spacial score (nSPS) is 10.3. The fourth-order valence-corrected chi connectivity index (χ4v) is 4.61. The molecule has 2 amide bonds. The van der Waals surface area contributed by atoms with E-state index in [1.807, 2.05) is 0 Å². The van der Waals surface area contributed by atoms with Crippen molar-refractivity contribution in [1.29, 1.82) is 0 Å². The molecule has 0 aliphatic rings. The van der Waals surface area contributed by atoms with E-state index in [1.165, 1.54) is 18.4 Å². The van der Waals surface area contributed by atoms with Gasteiger partial charge in [0.1, 0.15) is 9.88 Å². The van der Waals surface area contributed by atoms with Gasteiger partial charge in [-0.25, -0.2) is 9.59 Å². The number of nitrogens with one attached hydrogen (secondary N) is 2. The second-order valence-electron chi connectivity index (χ2n) is 5.29. The van der Waals surface area contributed by atoms with Gasteiger partial charge in [0.15, 0.2) is 6.61 Å². The van der Waals surface area contributed by atoms with E-state index in [0.717, 1.165) is 15.1 Å². The highest BCUT2D eigenvalue weighted by atomic mass is 79.9. The first-order valence-electron chi connectivity index (χ1n) is 8.03. The summed E-state index contributed by atoms with van der Waals surface area (Å²) in [6.45, 7) is 2.85. The zero-order valence-electron chi connectivity index (χ0n) is 15.2. The molecule has 0 saturated carbocycles. The largest absolute Gasteiger partial charge is 0.462 e. The summed E-state index contributed by atoms with van der Waals surface area (Å²) in [5.74, 6) is -2.31. The van der Waals surface area contributed by atoms with Gasteiger partial charge in [-0.15, -0.1) is 22.7 Å². The van der Waals surface area contributed by atoms with Crippen LogP contribution in [0.2, 0.25) is 0 Å². The molecule has 2 aromatic heterocycles. The third-order valence-corrected chi connectivity index (χ3v) is 6.23. The van der Waals surface area contributed by atoms with E-state index in [0.29, 0.717) is 10.4 Å². The summed E-state index contributed by atoms with van der Waals surface area (Å²) >= 11 is 5.37. The fraction of sp³-hybridized carbons (Fsp3) is 0.294. The minimum absolute atomic E-state index is 0.104. The molecule has 2 heterocycles. The Bertz CT molecular complexity index is 921. The number of thiophene rings is 2. The molecule has 2 aromatic rings. The van der Waals surface area contributed by atoms with Crippen molar-refractivity contribution in [2.75, 3.05) is 25.6 Å². The Labute approximate surface area is 177 Å². The minimum Gasteiger partial charge on any atom is -0.462 e. The smallest absolute Gasteiger partial charge is 0.348 e. The summed E-state index contributed by atoms with van der Waals surface area (Å²) < 4.78 is 10.8. The lowest BCUT2D eigenvalue weighted by atomic mass is 10.1. The molecule has 150 valence electrons. The molecule has 2 rings (SSSR count). The van der Waals surface area contributed by atoms with Gasteiger partial charge in [0.25, 0.3) is 11.8 Å². The Morgan fingerprint density at radius 3 is 2.39 bits per heavy atom. The Hall–Kier alpha value is -2.24. The molecule has 0 fully saturated rings. The summed E-state index contributed by atoms with van der Waals surface area (Å²) in [5, 5.41) is 5.16. The molecule has 0 saturated heterocycles. The molecule has 8 nitrogen and oxygen atoms in total. The monoisotopic (exact) mass is 488 g/mol. The number of halogens is 1. The van der Waals surface area contributed by atoms with Crippen LogP contribution in [0.15, 0.2) is 15.9 Å². The van der Waals surface area contributed by atoms with Crippen LogP contribution in [0.25, 0.3) is 0 Å². The van der Waals surface area contributed by atoms with Gasteiger partial charge in [0, 0.05) is 7.05 Å². The summed E-state index contributed by atoms with van der Waals surface area (Å²) in [7, 11) is 1.46. The molecule has 0 unspecified atom stereocenters. The van der Waals surface area contributed by atoms with Crippen molar-refractivity contribution in [2.45, 2.75) is 13.8 Å². The molecule has 0 bridgehead atoms. The van der Waals surface area contributed by atoms with E-state index in [9.17, 15) is 19.2 Å². The van der Waals surface area contributed by atoms with Crippen LogP contribution in [0.4, 0.5) is 5.00 Å². The van der Waals surface area contributed by atoms with Crippen LogP contribution in [-0.4, -0.2) is 44.0 Å². The van der Waals surface area contributed by atoms with Crippen LogP contribution < -0.4 is 10.6 Å². The number of hydrogen-bond acceptors (Lipinski definition) is 8. The van der Waals surface area contributed by atoms with E-state index < -0.39 is 24.5 Å². The van der Waals surface area contributed by atoms with Crippen molar-refractivity contribution in [2.24, 2.45) is 0 Å². The number of carbonyl (C=O) groups is 4. The topological polar surface area (TPSA) is 111 Å². The van der Waals surface area contributed by atoms with Crippen molar-refractivity contribution >= 4 is 67.4 Å². The Balaban J connectivity index is 2.14. The third-order valence-electron chi connectivity index (χ3n) is 3.42. The van der Waals surface area contributed by atoms with Gasteiger partial charge in [-0.1, -0.05) is 0 Å². The highest BCUT2D eigenvalue weighted by Gasteiger charge is 2.26. The summed E-state index contributed by atoms with van der Waals surface area (Å²) in [4.78, 5) is 49.0. The fourth-order valence-electron chi connectivity index (χ4n) is 2.17. The maximum absolute atomic E-state index is 12.3. The molecule has 0 aliphatic carbocycles. The Morgan fingerprint density at radius 2 is 1.82 bits per heavy atom. The molecular formula is C17H17BrN2O6S2. The first-order chi connectivity index (χ1) is 13.3. The molecular weight excluding hydrogens is 472 g/mol. The molecule has 2 N–H and O–H groups in total. The standard InChI is InChI=1S/C17H17BrN2O6S2/c1-4-25-17(24)12-8(2)13(14(22)19-3)28-15(12)20-11(21)7-26-16(23)9-5-6-10(18)27-9/h5-6H,4,7H2,1-3H3,(H,19,22)(H,20,21). The van der Waals surface area contributed by atoms with Gasteiger partial charge in [0.2, 0.25) is 0 Å². The molecule has 11 heteroatoms. The average molecular weight is 489 g/mol. The van der Waals surface area contributed by atoms with Crippen LogP contribution in [-0.2, 0) is 14.3 Å². The van der Waals surface area contributed by atoms with E-state index >= 15 is 0 Å². The van der Waals surface area contributed by atoms with E-state index in [1.54, 1.807) is 26.0 Å². The highest BCUT2D eigenvalue weighted by Crippen LogP contribution is 2.33. The lowest BCUT2D eigenvalue weighted by molar-refractivity contribution is -0.119. The minimum atomic E-state index is -0.651. The molecule has 0 radical (unpaired) electrons. The maximum Gasteiger partial charge on any atom is 0.348 e. The quantitative estimate of drug-likeness (QED) is 0.578. The van der Waals surface area contributed by atoms with Crippen molar-refractivity contribution < 1.29 is 28.7 Å². The van der Waals surface area contributed by atoms with Crippen molar-refractivity contribution in [1.82, 2.24) is 5.32 Å². The lowest BCUT2D eigenvalue weighted by Gasteiger charge is -2.07. The first kappa shape index (κ1) is 22.1. The van der Waals surface area contributed by atoms with Crippen LogP contribution in [0.1, 0.15) is 42.2 Å². The van der Waals surface area contributed by atoms with Crippen molar-refractivity contribution in [3.05, 3.63) is 36.8 Å². The van der Waals surface area contributed by atoms with Gasteiger partial charge in [0.05, 0.1) is 20.8 Å². The van der Waals surface area contributed by atoms with Crippen molar-refractivity contribution in [3.8, 4) is 0 Å². The van der Waals surface area contributed by atoms with Gasteiger partial charge in [-0.2, -0.15) is 0 Å². The van der Waals surface area contributed by atoms with Crippen LogP contribution in [0.3, 0.4) is 0 Å². The maximum atomic E-state index is 12.3.